The lowest BCUT2D eigenvalue weighted by atomic mass is 10.0. The fraction of sp³-hybridized carbons (Fsp3) is 0.857. The molecule has 19 heavy (non-hydrogen) atoms. The summed E-state index contributed by atoms with van der Waals surface area (Å²) in [7, 11) is 0. The Hall–Kier alpha value is -1.26. The van der Waals surface area contributed by atoms with Crippen LogP contribution in [0.1, 0.15) is 46.5 Å². The van der Waals surface area contributed by atoms with Crippen LogP contribution in [0.3, 0.4) is 0 Å². The molecule has 0 saturated carbocycles. The lowest BCUT2D eigenvalue weighted by Gasteiger charge is -2.26. The maximum Gasteiger partial charge on any atom is 0.317 e. The van der Waals surface area contributed by atoms with Crippen molar-refractivity contribution in [3.05, 3.63) is 0 Å². The number of nitrogens with zero attached hydrogens (tertiary/aromatic N) is 1. The molecule has 0 aromatic rings. The Labute approximate surface area is 115 Å². The van der Waals surface area contributed by atoms with Gasteiger partial charge in [-0.25, -0.2) is 4.79 Å². The molecule has 110 valence electrons. The highest BCUT2D eigenvalue weighted by Crippen LogP contribution is 2.17. The highest BCUT2D eigenvalue weighted by molar-refractivity contribution is 5.76. The SMILES string of the molecule is CC1CCCN(C(=O)NC(CC(=O)O)C(C)C)CC1. The summed E-state index contributed by atoms with van der Waals surface area (Å²) in [5.41, 5.74) is 0. The second-order valence-electron chi connectivity index (χ2n) is 5.92. The van der Waals surface area contributed by atoms with Crippen molar-refractivity contribution in [1.82, 2.24) is 10.2 Å². The van der Waals surface area contributed by atoms with Crippen LogP contribution in [-0.2, 0) is 4.79 Å². The molecule has 0 aromatic carbocycles. The zero-order chi connectivity index (χ0) is 14.4. The molecule has 2 N–H and O–H groups in total. The normalized spacial score (nSPS) is 21.9. The number of likely N-dealkylation sites (tertiary alicyclic amines) is 1. The van der Waals surface area contributed by atoms with Gasteiger partial charge in [0.1, 0.15) is 0 Å². The first-order valence-electron chi connectivity index (χ1n) is 7.17. The Bertz CT molecular complexity index is 318. The van der Waals surface area contributed by atoms with Gasteiger partial charge in [0.05, 0.1) is 6.42 Å². The van der Waals surface area contributed by atoms with Gasteiger partial charge in [-0.1, -0.05) is 20.8 Å². The molecule has 0 aromatic heterocycles. The van der Waals surface area contributed by atoms with Crippen LogP contribution in [0.4, 0.5) is 4.79 Å². The fourth-order valence-corrected chi connectivity index (χ4v) is 2.36. The van der Waals surface area contributed by atoms with Gasteiger partial charge in [-0.3, -0.25) is 4.79 Å². The number of rotatable bonds is 4. The van der Waals surface area contributed by atoms with E-state index >= 15 is 0 Å². The predicted octanol–water partition coefficient (Wildman–Crippen LogP) is 2.32. The minimum atomic E-state index is -0.872. The van der Waals surface area contributed by atoms with Crippen LogP contribution >= 0.6 is 0 Å². The molecule has 0 aliphatic carbocycles. The van der Waals surface area contributed by atoms with E-state index in [1.54, 1.807) is 0 Å². The van der Waals surface area contributed by atoms with Gasteiger partial charge in [0.25, 0.3) is 0 Å². The molecule has 2 atom stereocenters. The van der Waals surface area contributed by atoms with Crippen LogP contribution in [0.2, 0.25) is 0 Å². The Morgan fingerprint density at radius 1 is 1.32 bits per heavy atom. The summed E-state index contributed by atoms with van der Waals surface area (Å²) in [5.74, 6) is -0.0906. The first-order chi connectivity index (χ1) is 8.90. The monoisotopic (exact) mass is 270 g/mol. The van der Waals surface area contributed by atoms with Crippen molar-refractivity contribution < 1.29 is 14.7 Å². The number of nitrogens with one attached hydrogen (secondary N) is 1. The molecule has 0 spiro atoms. The van der Waals surface area contributed by atoms with E-state index < -0.39 is 5.97 Å². The maximum atomic E-state index is 12.2. The van der Waals surface area contributed by atoms with Crippen molar-refractivity contribution in [2.24, 2.45) is 11.8 Å². The average molecular weight is 270 g/mol. The lowest BCUT2D eigenvalue weighted by Crippen LogP contribution is -2.47. The summed E-state index contributed by atoms with van der Waals surface area (Å²) in [4.78, 5) is 24.8. The van der Waals surface area contributed by atoms with E-state index in [4.69, 9.17) is 5.11 Å². The molecule has 2 unspecified atom stereocenters. The highest BCUT2D eigenvalue weighted by atomic mass is 16.4. The molecular formula is C14H26N2O3. The van der Waals surface area contributed by atoms with Crippen molar-refractivity contribution in [1.29, 1.82) is 0 Å². The van der Waals surface area contributed by atoms with E-state index in [0.717, 1.165) is 32.4 Å². The fourth-order valence-electron chi connectivity index (χ4n) is 2.36. The van der Waals surface area contributed by atoms with E-state index in [0.29, 0.717) is 5.92 Å². The van der Waals surface area contributed by atoms with E-state index in [1.807, 2.05) is 18.7 Å². The van der Waals surface area contributed by atoms with Crippen LogP contribution in [0.15, 0.2) is 0 Å². The minimum Gasteiger partial charge on any atom is -0.481 e. The molecule has 2 amide bonds. The van der Waals surface area contributed by atoms with Gasteiger partial charge in [0.15, 0.2) is 0 Å². The Balaban J connectivity index is 2.53. The molecule has 1 rings (SSSR count). The van der Waals surface area contributed by atoms with Crippen LogP contribution in [-0.4, -0.2) is 41.1 Å². The summed E-state index contributed by atoms with van der Waals surface area (Å²) in [6.45, 7) is 7.61. The summed E-state index contributed by atoms with van der Waals surface area (Å²) in [6, 6.07) is -0.417. The highest BCUT2D eigenvalue weighted by Gasteiger charge is 2.23. The van der Waals surface area contributed by atoms with E-state index in [-0.39, 0.29) is 24.4 Å². The summed E-state index contributed by atoms with van der Waals surface area (Å²) < 4.78 is 0. The Morgan fingerprint density at radius 2 is 2.00 bits per heavy atom. The van der Waals surface area contributed by atoms with Crippen molar-refractivity contribution in [2.75, 3.05) is 13.1 Å². The maximum absolute atomic E-state index is 12.2. The van der Waals surface area contributed by atoms with Gasteiger partial charge in [0, 0.05) is 19.1 Å². The van der Waals surface area contributed by atoms with Crippen molar-refractivity contribution in [3.63, 3.8) is 0 Å². The standard InChI is InChI=1S/C14H26N2O3/c1-10(2)12(9-13(17)18)15-14(19)16-7-4-5-11(3)6-8-16/h10-12H,4-9H2,1-3H3,(H,15,19)(H,17,18). The largest absolute Gasteiger partial charge is 0.481 e. The third-order valence-corrected chi connectivity index (χ3v) is 3.81. The first-order valence-corrected chi connectivity index (χ1v) is 7.17. The molecule has 5 heteroatoms. The van der Waals surface area contributed by atoms with Gasteiger partial charge in [-0.15, -0.1) is 0 Å². The molecule has 1 saturated heterocycles. The third kappa shape index (κ3) is 5.49. The number of amides is 2. The van der Waals surface area contributed by atoms with Crippen LogP contribution in [0.25, 0.3) is 0 Å². The predicted molar refractivity (Wildman–Crippen MR) is 74.0 cm³/mol. The van der Waals surface area contributed by atoms with Crippen LogP contribution in [0, 0.1) is 11.8 Å². The van der Waals surface area contributed by atoms with Gasteiger partial charge >= 0.3 is 12.0 Å². The zero-order valence-electron chi connectivity index (χ0n) is 12.2. The summed E-state index contributed by atoms with van der Waals surface area (Å²) in [6.07, 6.45) is 3.19. The number of hydrogen-bond acceptors (Lipinski definition) is 2. The Kier molecular flexibility index (Phi) is 6.12. The van der Waals surface area contributed by atoms with Crippen molar-refractivity contribution in [3.8, 4) is 0 Å². The molecule has 5 nitrogen and oxygen atoms in total. The van der Waals surface area contributed by atoms with Gasteiger partial charge in [-0.05, 0) is 31.1 Å². The average Bonchev–Trinajstić information content (AvgIpc) is 2.52. The third-order valence-electron chi connectivity index (χ3n) is 3.81. The molecule has 0 bridgehead atoms. The number of carbonyl (C=O) groups excluding carboxylic acids is 1. The van der Waals surface area contributed by atoms with Gasteiger partial charge in [-0.2, -0.15) is 0 Å². The van der Waals surface area contributed by atoms with Crippen molar-refractivity contribution >= 4 is 12.0 Å². The second-order valence-corrected chi connectivity index (χ2v) is 5.92. The quantitative estimate of drug-likeness (QED) is 0.823. The van der Waals surface area contributed by atoms with E-state index in [9.17, 15) is 9.59 Å². The molecule has 1 heterocycles. The van der Waals surface area contributed by atoms with Gasteiger partial charge in [0.2, 0.25) is 0 Å². The van der Waals surface area contributed by atoms with Gasteiger partial charge < -0.3 is 15.3 Å². The molecular weight excluding hydrogens is 244 g/mol. The smallest absolute Gasteiger partial charge is 0.317 e. The topological polar surface area (TPSA) is 69.6 Å². The lowest BCUT2D eigenvalue weighted by molar-refractivity contribution is -0.137. The second kappa shape index (κ2) is 7.36. The first kappa shape index (κ1) is 15.8. The summed E-state index contributed by atoms with van der Waals surface area (Å²) >= 11 is 0. The molecule has 0 radical (unpaired) electrons. The van der Waals surface area contributed by atoms with Crippen LogP contribution in [0.5, 0.6) is 0 Å². The van der Waals surface area contributed by atoms with E-state index in [1.165, 1.54) is 0 Å². The number of carboxylic acids is 1. The number of carbonyl (C=O) groups is 2. The molecule has 1 aliphatic heterocycles. The number of hydrogen-bond donors (Lipinski definition) is 2. The summed E-state index contributed by atoms with van der Waals surface area (Å²) in [5, 5.41) is 11.7. The Morgan fingerprint density at radius 3 is 2.58 bits per heavy atom. The number of carboxylic acid groups (broad SMARTS) is 1. The molecule has 1 aliphatic rings. The number of aliphatic carboxylic acids is 1. The van der Waals surface area contributed by atoms with E-state index in [2.05, 4.69) is 12.2 Å². The van der Waals surface area contributed by atoms with Crippen LogP contribution < -0.4 is 5.32 Å². The zero-order valence-corrected chi connectivity index (χ0v) is 12.2. The molecule has 1 fully saturated rings. The number of urea groups is 1. The van der Waals surface area contributed by atoms with Crippen molar-refractivity contribution in [2.45, 2.75) is 52.5 Å². The minimum absolute atomic E-state index is 0.0202.